The van der Waals surface area contributed by atoms with Crippen LogP contribution >= 0.6 is 0 Å². The maximum Gasteiger partial charge on any atom is 0.133 e. The third kappa shape index (κ3) is 1.79. The molecular formula is C10H11NO2. The average molecular weight is 177 g/mol. The van der Waals surface area contributed by atoms with Gasteiger partial charge < -0.3 is 10.2 Å². The topological polar surface area (TPSA) is 64.2 Å². The summed E-state index contributed by atoms with van der Waals surface area (Å²) in [6.45, 7) is 1.77. The number of aromatic hydroxyl groups is 1. The zero-order chi connectivity index (χ0) is 9.84. The van der Waals surface area contributed by atoms with Gasteiger partial charge in [0, 0.05) is 12.5 Å². The lowest BCUT2D eigenvalue weighted by atomic mass is 9.96. The van der Waals surface area contributed by atoms with Crippen LogP contribution in [0.15, 0.2) is 18.2 Å². The van der Waals surface area contributed by atoms with Gasteiger partial charge in [0.25, 0.3) is 0 Å². The molecule has 1 aromatic rings. The SMILES string of the molecule is CC(CO)c1cccc(O)c1C#N. The van der Waals surface area contributed by atoms with E-state index in [0.29, 0.717) is 5.56 Å². The maximum atomic E-state index is 9.33. The molecule has 0 aromatic heterocycles. The molecule has 1 unspecified atom stereocenters. The van der Waals surface area contributed by atoms with Crippen molar-refractivity contribution in [3.63, 3.8) is 0 Å². The molecule has 2 N–H and O–H groups in total. The number of rotatable bonds is 2. The van der Waals surface area contributed by atoms with Crippen molar-refractivity contribution in [1.29, 1.82) is 5.26 Å². The van der Waals surface area contributed by atoms with Crippen molar-refractivity contribution in [3.05, 3.63) is 29.3 Å². The summed E-state index contributed by atoms with van der Waals surface area (Å²) < 4.78 is 0. The minimum absolute atomic E-state index is 0.0275. The van der Waals surface area contributed by atoms with Crippen molar-refractivity contribution in [2.75, 3.05) is 6.61 Å². The molecule has 0 radical (unpaired) electrons. The third-order valence-electron chi connectivity index (χ3n) is 1.99. The van der Waals surface area contributed by atoms with Crippen LogP contribution in [0.25, 0.3) is 0 Å². The van der Waals surface area contributed by atoms with Gasteiger partial charge in [-0.15, -0.1) is 0 Å². The molecule has 0 saturated heterocycles. The average Bonchev–Trinajstić information content (AvgIpc) is 2.16. The summed E-state index contributed by atoms with van der Waals surface area (Å²) in [6, 6.07) is 6.78. The van der Waals surface area contributed by atoms with Crippen LogP contribution in [0.2, 0.25) is 0 Å². The summed E-state index contributed by atoms with van der Waals surface area (Å²) in [4.78, 5) is 0. The van der Waals surface area contributed by atoms with Gasteiger partial charge in [0.05, 0.1) is 5.56 Å². The standard InChI is InChI=1S/C10H11NO2/c1-7(6-12)8-3-2-4-10(13)9(8)5-11/h2-4,7,12-13H,6H2,1H3. The minimum atomic E-state index is -0.123. The van der Waals surface area contributed by atoms with Gasteiger partial charge in [-0.3, -0.25) is 0 Å². The highest BCUT2D eigenvalue weighted by atomic mass is 16.3. The van der Waals surface area contributed by atoms with E-state index < -0.39 is 0 Å². The van der Waals surface area contributed by atoms with E-state index in [4.69, 9.17) is 10.4 Å². The molecule has 0 fully saturated rings. The molecule has 0 aliphatic heterocycles. The fourth-order valence-corrected chi connectivity index (χ4v) is 1.19. The number of aliphatic hydroxyl groups is 1. The Morgan fingerprint density at radius 3 is 2.77 bits per heavy atom. The van der Waals surface area contributed by atoms with E-state index in [0.717, 1.165) is 0 Å². The normalized spacial score (nSPS) is 12.1. The summed E-state index contributed by atoms with van der Waals surface area (Å²) in [6.07, 6.45) is 0. The van der Waals surface area contributed by atoms with E-state index in [1.54, 1.807) is 19.1 Å². The van der Waals surface area contributed by atoms with Gasteiger partial charge in [0.1, 0.15) is 11.8 Å². The quantitative estimate of drug-likeness (QED) is 0.716. The largest absolute Gasteiger partial charge is 0.507 e. The fourth-order valence-electron chi connectivity index (χ4n) is 1.19. The van der Waals surface area contributed by atoms with Crippen LogP contribution in [-0.4, -0.2) is 16.8 Å². The Hall–Kier alpha value is -1.53. The second kappa shape index (κ2) is 3.92. The Morgan fingerprint density at radius 2 is 2.23 bits per heavy atom. The van der Waals surface area contributed by atoms with Gasteiger partial charge in [-0.1, -0.05) is 19.1 Å². The van der Waals surface area contributed by atoms with Gasteiger partial charge in [0.2, 0.25) is 0 Å². The molecule has 0 bridgehead atoms. The number of phenols is 1. The van der Waals surface area contributed by atoms with Crippen LogP contribution in [0, 0.1) is 11.3 Å². The molecule has 0 spiro atoms. The van der Waals surface area contributed by atoms with E-state index in [9.17, 15) is 5.11 Å². The summed E-state index contributed by atoms with van der Waals surface area (Å²) in [7, 11) is 0. The highest BCUT2D eigenvalue weighted by Crippen LogP contribution is 2.25. The van der Waals surface area contributed by atoms with Crippen molar-refractivity contribution in [2.24, 2.45) is 0 Å². The van der Waals surface area contributed by atoms with E-state index in [1.165, 1.54) is 6.07 Å². The van der Waals surface area contributed by atoms with Crippen LogP contribution in [0.1, 0.15) is 24.0 Å². The highest BCUT2D eigenvalue weighted by molar-refractivity contribution is 5.49. The summed E-state index contributed by atoms with van der Waals surface area (Å²) in [5, 5.41) is 27.0. The Kier molecular flexibility index (Phi) is 2.88. The zero-order valence-electron chi connectivity index (χ0n) is 7.36. The maximum absolute atomic E-state index is 9.33. The predicted molar refractivity (Wildman–Crippen MR) is 48.3 cm³/mol. The van der Waals surface area contributed by atoms with Crippen molar-refractivity contribution in [3.8, 4) is 11.8 Å². The molecule has 0 amide bonds. The molecule has 1 aromatic carbocycles. The van der Waals surface area contributed by atoms with E-state index in [1.807, 2.05) is 6.07 Å². The zero-order valence-corrected chi connectivity index (χ0v) is 7.36. The molecule has 3 heteroatoms. The lowest BCUT2D eigenvalue weighted by molar-refractivity contribution is 0.272. The summed E-state index contributed by atoms with van der Waals surface area (Å²) >= 11 is 0. The first-order valence-corrected chi connectivity index (χ1v) is 4.03. The smallest absolute Gasteiger partial charge is 0.133 e. The predicted octanol–water partition coefficient (Wildman–Crippen LogP) is 1.36. The van der Waals surface area contributed by atoms with Gasteiger partial charge in [-0.25, -0.2) is 0 Å². The Balaban J connectivity index is 3.22. The second-order valence-corrected chi connectivity index (χ2v) is 2.94. The summed E-state index contributed by atoms with van der Waals surface area (Å²) in [5.74, 6) is -0.151. The number of phenolic OH excluding ortho intramolecular Hbond substituents is 1. The van der Waals surface area contributed by atoms with E-state index >= 15 is 0 Å². The molecule has 0 aliphatic rings. The Labute approximate surface area is 76.9 Å². The Bertz CT molecular complexity index is 341. The molecule has 1 rings (SSSR count). The van der Waals surface area contributed by atoms with Crippen LogP contribution in [0.4, 0.5) is 0 Å². The van der Waals surface area contributed by atoms with Gasteiger partial charge in [-0.05, 0) is 11.6 Å². The highest BCUT2D eigenvalue weighted by Gasteiger charge is 2.12. The molecule has 0 saturated carbocycles. The monoisotopic (exact) mass is 177 g/mol. The molecule has 1 atom stereocenters. The molecule has 3 nitrogen and oxygen atoms in total. The minimum Gasteiger partial charge on any atom is -0.507 e. The number of benzene rings is 1. The number of nitrogens with zero attached hydrogens (tertiary/aromatic N) is 1. The van der Waals surface area contributed by atoms with Crippen LogP contribution in [-0.2, 0) is 0 Å². The first kappa shape index (κ1) is 9.56. The van der Waals surface area contributed by atoms with Crippen LogP contribution in [0.3, 0.4) is 0 Å². The van der Waals surface area contributed by atoms with Crippen molar-refractivity contribution < 1.29 is 10.2 Å². The molecule has 0 heterocycles. The summed E-state index contributed by atoms with van der Waals surface area (Å²) in [5.41, 5.74) is 0.939. The van der Waals surface area contributed by atoms with Gasteiger partial charge in [0.15, 0.2) is 0 Å². The lowest BCUT2D eigenvalue weighted by Gasteiger charge is -2.10. The van der Waals surface area contributed by atoms with E-state index in [2.05, 4.69) is 0 Å². The molecular weight excluding hydrogens is 166 g/mol. The number of nitriles is 1. The van der Waals surface area contributed by atoms with Crippen molar-refractivity contribution >= 4 is 0 Å². The van der Waals surface area contributed by atoms with Crippen LogP contribution in [0.5, 0.6) is 5.75 Å². The molecule has 0 aliphatic carbocycles. The fraction of sp³-hybridized carbons (Fsp3) is 0.300. The Morgan fingerprint density at radius 1 is 1.54 bits per heavy atom. The number of aliphatic hydroxyl groups excluding tert-OH is 1. The van der Waals surface area contributed by atoms with Crippen molar-refractivity contribution in [1.82, 2.24) is 0 Å². The van der Waals surface area contributed by atoms with Crippen molar-refractivity contribution in [2.45, 2.75) is 12.8 Å². The molecule has 13 heavy (non-hydrogen) atoms. The second-order valence-electron chi connectivity index (χ2n) is 2.94. The van der Waals surface area contributed by atoms with E-state index in [-0.39, 0.29) is 23.8 Å². The molecule has 68 valence electrons. The first-order chi connectivity index (χ1) is 6.20. The third-order valence-corrected chi connectivity index (χ3v) is 1.99. The number of hydrogen-bond acceptors (Lipinski definition) is 3. The lowest BCUT2D eigenvalue weighted by Crippen LogP contribution is -2.01. The van der Waals surface area contributed by atoms with Crippen LogP contribution < -0.4 is 0 Å². The first-order valence-electron chi connectivity index (χ1n) is 4.03. The number of hydrogen-bond donors (Lipinski definition) is 2. The van der Waals surface area contributed by atoms with Gasteiger partial charge in [-0.2, -0.15) is 5.26 Å². The van der Waals surface area contributed by atoms with Gasteiger partial charge >= 0.3 is 0 Å².